The first-order valence-electron chi connectivity index (χ1n) is 7.57. The molecule has 0 bridgehead atoms. The Bertz CT molecular complexity index is 903. The molecule has 2 aromatic heterocycles. The van der Waals surface area contributed by atoms with E-state index in [1.165, 1.54) is 22.7 Å². The van der Waals surface area contributed by atoms with Crippen LogP contribution in [0.4, 0.5) is 4.39 Å². The van der Waals surface area contributed by atoms with Gasteiger partial charge in [-0.3, -0.25) is 9.20 Å². The smallest absolute Gasteiger partial charge is 0.266 e. The maximum atomic E-state index is 13.5. The highest BCUT2D eigenvalue weighted by molar-refractivity contribution is 6.30. The van der Waals surface area contributed by atoms with Gasteiger partial charge in [-0.2, -0.15) is 0 Å². The predicted octanol–water partition coefficient (Wildman–Crippen LogP) is 4.50. The summed E-state index contributed by atoms with van der Waals surface area (Å²) in [6, 6.07) is 9.90. The Hall–Kier alpha value is -2.20. The van der Waals surface area contributed by atoms with Crippen molar-refractivity contribution in [3.63, 3.8) is 0 Å². The third-order valence-corrected chi connectivity index (χ3v) is 4.01. The van der Waals surface area contributed by atoms with Crippen molar-refractivity contribution in [2.75, 3.05) is 0 Å². The molecule has 2 heterocycles. The van der Waals surface area contributed by atoms with Crippen LogP contribution in [0.3, 0.4) is 0 Å². The summed E-state index contributed by atoms with van der Waals surface area (Å²) in [6.07, 6.45) is 3.82. The van der Waals surface area contributed by atoms with Gasteiger partial charge in [0, 0.05) is 11.2 Å². The fraction of sp³-hybridized carbons (Fsp3) is 0.222. The molecule has 118 valence electrons. The number of halogens is 2. The number of aromatic nitrogens is 2. The number of nitrogens with zero attached hydrogens (tertiary/aromatic N) is 2. The Morgan fingerprint density at radius 3 is 2.61 bits per heavy atom. The second-order valence-corrected chi connectivity index (χ2v) is 5.86. The SMILES string of the molecule is CCCCc1nc2ccc(F)cn2c(=O)c1-c1ccc(Cl)cc1. The van der Waals surface area contributed by atoms with Gasteiger partial charge in [-0.15, -0.1) is 0 Å². The van der Waals surface area contributed by atoms with E-state index in [2.05, 4.69) is 11.9 Å². The first-order chi connectivity index (χ1) is 11.1. The molecule has 0 radical (unpaired) electrons. The third kappa shape index (κ3) is 3.13. The zero-order chi connectivity index (χ0) is 16.4. The van der Waals surface area contributed by atoms with Gasteiger partial charge in [-0.1, -0.05) is 37.1 Å². The van der Waals surface area contributed by atoms with Gasteiger partial charge in [0.2, 0.25) is 0 Å². The van der Waals surface area contributed by atoms with E-state index in [1.807, 2.05) is 0 Å². The van der Waals surface area contributed by atoms with Crippen LogP contribution < -0.4 is 5.56 Å². The number of aryl methyl sites for hydroxylation is 1. The molecule has 0 unspecified atom stereocenters. The normalized spacial score (nSPS) is 11.1. The van der Waals surface area contributed by atoms with E-state index < -0.39 is 5.82 Å². The van der Waals surface area contributed by atoms with Crippen LogP contribution >= 0.6 is 11.6 Å². The number of benzene rings is 1. The second-order valence-electron chi connectivity index (χ2n) is 5.42. The van der Waals surface area contributed by atoms with Crippen molar-refractivity contribution in [1.82, 2.24) is 9.38 Å². The standard InChI is InChI=1S/C18H16ClFN2O/c1-2-3-4-15-17(12-5-7-13(19)8-6-12)18(23)22-11-14(20)9-10-16(22)21-15/h5-11H,2-4H2,1H3. The number of rotatable bonds is 4. The minimum absolute atomic E-state index is 0.261. The topological polar surface area (TPSA) is 34.4 Å². The second kappa shape index (κ2) is 6.50. The minimum atomic E-state index is -0.468. The highest BCUT2D eigenvalue weighted by Gasteiger charge is 2.15. The van der Waals surface area contributed by atoms with E-state index in [9.17, 15) is 9.18 Å². The number of unbranched alkanes of at least 4 members (excludes halogenated alkanes) is 1. The minimum Gasteiger partial charge on any atom is -0.268 e. The molecule has 0 amide bonds. The number of hydrogen-bond acceptors (Lipinski definition) is 2. The lowest BCUT2D eigenvalue weighted by Gasteiger charge is -2.11. The lowest BCUT2D eigenvalue weighted by Crippen LogP contribution is -2.20. The van der Waals surface area contributed by atoms with E-state index >= 15 is 0 Å². The van der Waals surface area contributed by atoms with E-state index in [1.54, 1.807) is 24.3 Å². The van der Waals surface area contributed by atoms with Gasteiger partial charge in [0.25, 0.3) is 5.56 Å². The van der Waals surface area contributed by atoms with Crippen LogP contribution in [-0.4, -0.2) is 9.38 Å². The monoisotopic (exact) mass is 330 g/mol. The summed E-state index contributed by atoms with van der Waals surface area (Å²) in [5, 5.41) is 0.601. The van der Waals surface area contributed by atoms with E-state index in [-0.39, 0.29) is 5.56 Å². The molecule has 3 rings (SSSR count). The van der Waals surface area contributed by atoms with Crippen LogP contribution in [0.5, 0.6) is 0 Å². The Morgan fingerprint density at radius 1 is 1.17 bits per heavy atom. The zero-order valence-corrected chi connectivity index (χ0v) is 13.5. The van der Waals surface area contributed by atoms with E-state index in [0.29, 0.717) is 22.7 Å². The quantitative estimate of drug-likeness (QED) is 0.706. The Labute approximate surface area is 138 Å². The molecule has 3 aromatic rings. The summed E-state index contributed by atoms with van der Waals surface area (Å²) in [5.74, 6) is -0.468. The van der Waals surface area contributed by atoms with Gasteiger partial charge in [0.05, 0.1) is 11.3 Å². The average molecular weight is 331 g/mol. The molecule has 23 heavy (non-hydrogen) atoms. The van der Waals surface area contributed by atoms with Crippen molar-refractivity contribution in [3.8, 4) is 11.1 Å². The van der Waals surface area contributed by atoms with Crippen molar-refractivity contribution < 1.29 is 4.39 Å². The van der Waals surface area contributed by atoms with Crippen LogP contribution in [0, 0.1) is 5.82 Å². The molecule has 0 aliphatic rings. The van der Waals surface area contributed by atoms with Crippen LogP contribution in [0.1, 0.15) is 25.5 Å². The van der Waals surface area contributed by atoms with Crippen LogP contribution in [0.2, 0.25) is 5.02 Å². The lowest BCUT2D eigenvalue weighted by molar-refractivity contribution is 0.617. The maximum Gasteiger partial charge on any atom is 0.266 e. The maximum absolute atomic E-state index is 13.5. The molecule has 0 aliphatic heterocycles. The van der Waals surface area contributed by atoms with Crippen LogP contribution in [0.15, 0.2) is 47.4 Å². The summed E-state index contributed by atoms with van der Waals surface area (Å²) < 4.78 is 14.8. The van der Waals surface area contributed by atoms with Crippen LogP contribution in [0.25, 0.3) is 16.8 Å². The number of hydrogen-bond donors (Lipinski definition) is 0. The van der Waals surface area contributed by atoms with Gasteiger partial charge in [-0.05, 0) is 42.7 Å². The average Bonchev–Trinajstić information content (AvgIpc) is 2.55. The molecular weight excluding hydrogens is 315 g/mol. The third-order valence-electron chi connectivity index (χ3n) is 3.76. The summed E-state index contributed by atoms with van der Waals surface area (Å²) >= 11 is 5.93. The van der Waals surface area contributed by atoms with E-state index in [4.69, 9.17) is 11.6 Å². The van der Waals surface area contributed by atoms with Gasteiger partial charge in [0.1, 0.15) is 11.5 Å². The van der Waals surface area contributed by atoms with Gasteiger partial charge < -0.3 is 0 Å². The molecule has 0 saturated carbocycles. The molecule has 0 aliphatic carbocycles. The molecule has 3 nitrogen and oxygen atoms in total. The first-order valence-corrected chi connectivity index (χ1v) is 7.94. The van der Waals surface area contributed by atoms with Crippen molar-refractivity contribution in [1.29, 1.82) is 0 Å². The van der Waals surface area contributed by atoms with Gasteiger partial charge in [-0.25, -0.2) is 9.37 Å². The largest absolute Gasteiger partial charge is 0.268 e. The molecule has 0 saturated heterocycles. The zero-order valence-electron chi connectivity index (χ0n) is 12.7. The van der Waals surface area contributed by atoms with Gasteiger partial charge in [0.15, 0.2) is 0 Å². The predicted molar refractivity (Wildman–Crippen MR) is 90.5 cm³/mol. The van der Waals surface area contributed by atoms with Crippen molar-refractivity contribution >= 4 is 17.2 Å². The molecular formula is C18H16ClFN2O. The fourth-order valence-electron chi connectivity index (χ4n) is 2.59. The van der Waals surface area contributed by atoms with Crippen molar-refractivity contribution in [3.05, 3.63) is 69.5 Å². The Kier molecular flexibility index (Phi) is 4.44. The molecule has 1 aromatic carbocycles. The molecule has 0 fully saturated rings. The fourth-order valence-corrected chi connectivity index (χ4v) is 2.72. The van der Waals surface area contributed by atoms with Crippen LogP contribution in [-0.2, 0) is 6.42 Å². The number of pyridine rings is 1. The summed E-state index contributed by atoms with van der Waals surface area (Å²) in [6.45, 7) is 2.09. The first kappa shape index (κ1) is 15.7. The molecule has 5 heteroatoms. The van der Waals surface area contributed by atoms with Gasteiger partial charge >= 0.3 is 0 Å². The highest BCUT2D eigenvalue weighted by Crippen LogP contribution is 2.23. The van der Waals surface area contributed by atoms with Crippen molar-refractivity contribution in [2.45, 2.75) is 26.2 Å². The molecule has 0 N–H and O–H groups in total. The van der Waals surface area contributed by atoms with E-state index in [0.717, 1.165) is 24.1 Å². The highest BCUT2D eigenvalue weighted by atomic mass is 35.5. The summed E-state index contributed by atoms with van der Waals surface area (Å²) in [7, 11) is 0. The number of fused-ring (bicyclic) bond motifs is 1. The summed E-state index contributed by atoms with van der Waals surface area (Å²) in [5.41, 5.74) is 2.20. The Morgan fingerprint density at radius 2 is 1.91 bits per heavy atom. The molecule has 0 atom stereocenters. The van der Waals surface area contributed by atoms with Crippen molar-refractivity contribution in [2.24, 2.45) is 0 Å². The Balaban J connectivity index is 2.29. The lowest BCUT2D eigenvalue weighted by atomic mass is 10.0. The molecule has 0 spiro atoms. The summed E-state index contributed by atoms with van der Waals surface area (Å²) in [4.78, 5) is 17.5.